The van der Waals surface area contributed by atoms with Gasteiger partial charge in [-0.25, -0.2) is 0 Å². The van der Waals surface area contributed by atoms with E-state index in [1.165, 1.54) is 5.56 Å². The Bertz CT molecular complexity index is 498. The van der Waals surface area contributed by atoms with Gasteiger partial charge in [-0.1, -0.05) is 19.1 Å². The summed E-state index contributed by atoms with van der Waals surface area (Å²) in [5.74, 6) is 0.0355. The van der Waals surface area contributed by atoms with Crippen molar-refractivity contribution in [1.29, 1.82) is 0 Å². The Morgan fingerprint density at radius 3 is 2.61 bits per heavy atom. The number of hydrogen-bond donors (Lipinski definition) is 2. The van der Waals surface area contributed by atoms with Gasteiger partial charge in [-0.05, 0) is 64.4 Å². The molecule has 0 aromatic heterocycles. The highest BCUT2D eigenvalue weighted by Gasteiger charge is 2.22. The summed E-state index contributed by atoms with van der Waals surface area (Å²) in [6.45, 7) is 11.8. The molecule has 1 heterocycles. The fourth-order valence-corrected chi connectivity index (χ4v) is 3.15. The van der Waals surface area contributed by atoms with E-state index in [1.54, 1.807) is 0 Å². The van der Waals surface area contributed by atoms with E-state index >= 15 is 0 Å². The predicted molar refractivity (Wildman–Crippen MR) is 95.6 cm³/mol. The SMILES string of the molecule is CCN(Cc1ccc(C(=O)NC2CCCNC2C)cc1)C(C)C. The van der Waals surface area contributed by atoms with Crippen LogP contribution in [0.5, 0.6) is 0 Å². The van der Waals surface area contributed by atoms with Crippen molar-refractivity contribution in [2.75, 3.05) is 13.1 Å². The van der Waals surface area contributed by atoms with Gasteiger partial charge in [-0.2, -0.15) is 0 Å². The molecule has 0 saturated carbocycles. The van der Waals surface area contributed by atoms with Crippen molar-refractivity contribution < 1.29 is 4.79 Å². The third kappa shape index (κ3) is 5.05. The second-order valence-electron chi connectivity index (χ2n) is 6.82. The molecular weight excluding hydrogens is 286 g/mol. The summed E-state index contributed by atoms with van der Waals surface area (Å²) in [6.07, 6.45) is 2.17. The van der Waals surface area contributed by atoms with Gasteiger partial charge in [-0.15, -0.1) is 0 Å². The van der Waals surface area contributed by atoms with Crippen LogP contribution in [0, 0.1) is 0 Å². The molecule has 0 spiro atoms. The molecule has 1 amide bonds. The molecule has 2 N–H and O–H groups in total. The molecule has 2 atom stereocenters. The van der Waals surface area contributed by atoms with E-state index in [9.17, 15) is 4.79 Å². The summed E-state index contributed by atoms with van der Waals surface area (Å²) in [7, 11) is 0. The zero-order valence-corrected chi connectivity index (χ0v) is 14.9. The maximum atomic E-state index is 12.4. The first-order chi connectivity index (χ1) is 11.0. The minimum absolute atomic E-state index is 0.0355. The average Bonchev–Trinajstić information content (AvgIpc) is 2.55. The van der Waals surface area contributed by atoms with Crippen molar-refractivity contribution in [2.45, 2.75) is 65.2 Å². The first-order valence-corrected chi connectivity index (χ1v) is 8.88. The number of carbonyl (C=O) groups excluding carboxylic acids is 1. The molecule has 2 unspecified atom stereocenters. The number of nitrogens with zero attached hydrogens (tertiary/aromatic N) is 1. The summed E-state index contributed by atoms with van der Waals surface area (Å²) in [5.41, 5.74) is 2.00. The van der Waals surface area contributed by atoms with Gasteiger partial charge in [0.2, 0.25) is 0 Å². The Labute approximate surface area is 140 Å². The normalized spacial score (nSPS) is 21.7. The molecule has 1 aliphatic rings. The van der Waals surface area contributed by atoms with E-state index in [2.05, 4.69) is 55.4 Å². The van der Waals surface area contributed by atoms with Crippen molar-refractivity contribution in [3.63, 3.8) is 0 Å². The zero-order chi connectivity index (χ0) is 16.8. The lowest BCUT2D eigenvalue weighted by atomic mass is 9.99. The molecule has 0 bridgehead atoms. The van der Waals surface area contributed by atoms with Crippen LogP contribution in [0.2, 0.25) is 0 Å². The fourth-order valence-electron chi connectivity index (χ4n) is 3.15. The largest absolute Gasteiger partial charge is 0.348 e. The van der Waals surface area contributed by atoms with E-state index in [4.69, 9.17) is 0 Å². The molecule has 4 nitrogen and oxygen atoms in total. The number of piperidine rings is 1. The van der Waals surface area contributed by atoms with Crippen LogP contribution >= 0.6 is 0 Å². The molecule has 1 aromatic carbocycles. The number of nitrogens with one attached hydrogen (secondary N) is 2. The number of benzene rings is 1. The van der Waals surface area contributed by atoms with E-state index in [-0.39, 0.29) is 11.9 Å². The number of carbonyl (C=O) groups is 1. The quantitative estimate of drug-likeness (QED) is 0.848. The van der Waals surface area contributed by atoms with Gasteiger partial charge in [-0.3, -0.25) is 9.69 Å². The molecule has 2 rings (SSSR count). The van der Waals surface area contributed by atoms with Crippen molar-refractivity contribution in [3.8, 4) is 0 Å². The number of amides is 1. The van der Waals surface area contributed by atoms with E-state index in [0.717, 1.165) is 38.0 Å². The Kier molecular flexibility index (Phi) is 6.60. The lowest BCUT2D eigenvalue weighted by Gasteiger charge is -2.30. The highest BCUT2D eigenvalue weighted by atomic mass is 16.1. The van der Waals surface area contributed by atoms with E-state index in [1.807, 2.05) is 12.1 Å². The average molecular weight is 317 g/mol. The second-order valence-corrected chi connectivity index (χ2v) is 6.82. The molecule has 4 heteroatoms. The first kappa shape index (κ1) is 18.0. The molecule has 1 fully saturated rings. The second kappa shape index (κ2) is 8.46. The molecule has 1 aliphatic heterocycles. The number of hydrogen-bond acceptors (Lipinski definition) is 3. The Hall–Kier alpha value is -1.39. The van der Waals surface area contributed by atoms with Crippen LogP contribution in [-0.4, -0.2) is 42.0 Å². The maximum Gasteiger partial charge on any atom is 0.251 e. The van der Waals surface area contributed by atoms with Crippen molar-refractivity contribution in [3.05, 3.63) is 35.4 Å². The summed E-state index contributed by atoms with van der Waals surface area (Å²) >= 11 is 0. The highest BCUT2D eigenvalue weighted by molar-refractivity contribution is 5.94. The highest BCUT2D eigenvalue weighted by Crippen LogP contribution is 2.12. The Balaban J connectivity index is 1.94. The smallest absolute Gasteiger partial charge is 0.251 e. The van der Waals surface area contributed by atoms with Gasteiger partial charge in [0.25, 0.3) is 5.91 Å². The van der Waals surface area contributed by atoms with Crippen LogP contribution in [0.3, 0.4) is 0 Å². The molecule has 0 aliphatic carbocycles. The minimum atomic E-state index is 0.0355. The van der Waals surface area contributed by atoms with E-state index in [0.29, 0.717) is 12.1 Å². The molecule has 1 aromatic rings. The van der Waals surface area contributed by atoms with Gasteiger partial charge in [0.15, 0.2) is 0 Å². The van der Waals surface area contributed by atoms with Crippen LogP contribution in [0.15, 0.2) is 24.3 Å². The van der Waals surface area contributed by atoms with Gasteiger partial charge in [0, 0.05) is 30.2 Å². The van der Waals surface area contributed by atoms with Crippen LogP contribution < -0.4 is 10.6 Å². The lowest BCUT2D eigenvalue weighted by Crippen LogP contribution is -2.51. The monoisotopic (exact) mass is 317 g/mol. The molecular formula is C19H31N3O. The Morgan fingerprint density at radius 2 is 2.04 bits per heavy atom. The maximum absolute atomic E-state index is 12.4. The summed E-state index contributed by atoms with van der Waals surface area (Å²) in [4.78, 5) is 14.8. The topological polar surface area (TPSA) is 44.4 Å². The minimum Gasteiger partial charge on any atom is -0.348 e. The van der Waals surface area contributed by atoms with Crippen molar-refractivity contribution >= 4 is 5.91 Å². The van der Waals surface area contributed by atoms with Crippen LogP contribution in [0.1, 0.15) is 56.5 Å². The zero-order valence-electron chi connectivity index (χ0n) is 14.9. The summed E-state index contributed by atoms with van der Waals surface area (Å²) in [6, 6.07) is 9.14. The molecule has 0 radical (unpaired) electrons. The van der Waals surface area contributed by atoms with Gasteiger partial charge >= 0.3 is 0 Å². The third-order valence-corrected chi connectivity index (χ3v) is 4.82. The molecule has 128 valence electrons. The van der Waals surface area contributed by atoms with E-state index < -0.39 is 0 Å². The lowest BCUT2D eigenvalue weighted by molar-refractivity contribution is 0.0920. The fraction of sp³-hybridized carbons (Fsp3) is 0.632. The van der Waals surface area contributed by atoms with Gasteiger partial charge in [0.05, 0.1) is 0 Å². The van der Waals surface area contributed by atoms with Crippen molar-refractivity contribution in [1.82, 2.24) is 15.5 Å². The standard InChI is InChI=1S/C19H31N3O/c1-5-22(14(2)3)13-16-8-10-17(11-9-16)19(23)21-18-7-6-12-20-15(18)4/h8-11,14-15,18,20H,5-7,12-13H2,1-4H3,(H,21,23). The predicted octanol–water partition coefficient (Wildman–Crippen LogP) is 2.79. The number of rotatable bonds is 6. The van der Waals surface area contributed by atoms with Crippen LogP contribution in [0.4, 0.5) is 0 Å². The van der Waals surface area contributed by atoms with Crippen LogP contribution in [-0.2, 0) is 6.54 Å². The molecule has 23 heavy (non-hydrogen) atoms. The van der Waals surface area contributed by atoms with Crippen molar-refractivity contribution in [2.24, 2.45) is 0 Å². The molecule has 1 saturated heterocycles. The first-order valence-electron chi connectivity index (χ1n) is 8.88. The van der Waals surface area contributed by atoms with Crippen LogP contribution in [0.25, 0.3) is 0 Å². The van der Waals surface area contributed by atoms with Gasteiger partial charge < -0.3 is 10.6 Å². The third-order valence-electron chi connectivity index (χ3n) is 4.82. The summed E-state index contributed by atoms with van der Waals surface area (Å²) < 4.78 is 0. The Morgan fingerprint density at radius 1 is 1.35 bits per heavy atom. The van der Waals surface area contributed by atoms with Gasteiger partial charge in [0.1, 0.15) is 0 Å². The summed E-state index contributed by atoms with van der Waals surface area (Å²) in [5, 5.41) is 6.58.